The van der Waals surface area contributed by atoms with Gasteiger partial charge in [-0.1, -0.05) is 116 Å². The van der Waals surface area contributed by atoms with Crippen LogP contribution in [-0.2, 0) is 19.1 Å². The van der Waals surface area contributed by atoms with Crippen LogP contribution in [0.5, 0.6) is 0 Å². The Morgan fingerprint density at radius 1 is 0.444 bits per heavy atom. The van der Waals surface area contributed by atoms with Crippen LogP contribution in [0.3, 0.4) is 0 Å². The van der Waals surface area contributed by atoms with Crippen molar-refractivity contribution in [3.63, 3.8) is 0 Å². The summed E-state index contributed by atoms with van der Waals surface area (Å²) in [5, 5.41) is 0. The number of unbranched alkanes of at least 4 members (excludes halogenated alkanes) is 18. The largest absolute Gasteiger partial charge is 0.466 e. The van der Waals surface area contributed by atoms with Crippen molar-refractivity contribution in [2.75, 3.05) is 13.2 Å². The van der Waals surface area contributed by atoms with Crippen LogP contribution >= 0.6 is 0 Å². The topological polar surface area (TPSA) is 52.6 Å². The first-order chi connectivity index (χ1) is 17.7. The number of rotatable bonds is 28. The highest BCUT2D eigenvalue weighted by atomic mass is 16.5. The summed E-state index contributed by atoms with van der Waals surface area (Å²) in [6.07, 6.45) is 31.9. The Labute approximate surface area is 224 Å². The molecule has 0 heterocycles. The highest BCUT2D eigenvalue weighted by molar-refractivity contribution is 5.69. The molecule has 0 atom stereocenters. The van der Waals surface area contributed by atoms with Gasteiger partial charge >= 0.3 is 11.9 Å². The average Bonchev–Trinajstić information content (AvgIpc) is 2.87. The predicted octanol–water partition coefficient (Wildman–Crippen LogP) is 10.0. The summed E-state index contributed by atoms with van der Waals surface area (Å²) in [5.41, 5.74) is 0. The van der Waals surface area contributed by atoms with Crippen LogP contribution in [0.25, 0.3) is 0 Å². The molecule has 0 amide bonds. The highest BCUT2D eigenvalue weighted by Crippen LogP contribution is 2.12. The van der Waals surface area contributed by atoms with Crippen molar-refractivity contribution in [2.45, 2.75) is 168 Å². The van der Waals surface area contributed by atoms with Crippen LogP contribution in [0.4, 0.5) is 0 Å². The molecule has 0 N–H and O–H groups in total. The maximum atomic E-state index is 11.7. The van der Waals surface area contributed by atoms with E-state index >= 15 is 0 Å². The SMILES string of the molecule is CCCCCCOC(=O)CCCCC/C=C/CCCCCCCCCCCC(=O)OCCCCCC. The van der Waals surface area contributed by atoms with E-state index < -0.39 is 0 Å². The minimum Gasteiger partial charge on any atom is -0.466 e. The van der Waals surface area contributed by atoms with Gasteiger partial charge < -0.3 is 9.47 Å². The molecule has 0 aliphatic carbocycles. The fourth-order valence-electron chi connectivity index (χ4n) is 4.29. The summed E-state index contributed by atoms with van der Waals surface area (Å²) >= 11 is 0. The number of carbonyl (C=O) groups excluding carboxylic acids is 2. The van der Waals surface area contributed by atoms with Gasteiger partial charge in [-0.3, -0.25) is 9.59 Å². The summed E-state index contributed by atoms with van der Waals surface area (Å²) in [6, 6.07) is 0. The molecule has 36 heavy (non-hydrogen) atoms. The van der Waals surface area contributed by atoms with Crippen molar-refractivity contribution in [3.05, 3.63) is 12.2 Å². The first kappa shape index (κ1) is 34.7. The lowest BCUT2D eigenvalue weighted by Gasteiger charge is -2.05. The van der Waals surface area contributed by atoms with Gasteiger partial charge in [0.1, 0.15) is 0 Å². The standard InChI is InChI=1S/C32H60O4/c1-3-5-7-25-29-35-31(33)27-23-21-19-17-15-13-11-9-10-12-14-16-18-20-22-24-28-32(34)36-30-26-8-6-4-2/h13,15H,3-12,14,16-30H2,1-2H3/b15-13+. The van der Waals surface area contributed by atoms with Gasteiger partial charge in [-0.2, -0.15) is 0 Å². The zero-order valence-electron chi connectivity index (χ0n) is 24.2. The summed E-state index contributed by atoms with van der Waals surface area (Å²) < 4.78 is 10.6. The second-order valence-electron chi connectivity index (χ2n) is 10.4. The second kappa shape index (κ2) is 29.9. The Hall–Kier alpha value is -1.32. The fourth-order valence-corrected chi connectivity index (χ4v) is 4.29. The molecule has 212 valence electrons. The lowest BCUT2D eigenvalue weighted by molar-refractivity contribution is -0.144. The van der Waals surface area contributed by atoms with E-state index in [9.17, 15) is 9.59 Å². The smallest absolute Gasteiger partial charge is 0.305 e. The molecule has 0 aliphatic rings. The molecule has 0 unspecified atom stereocenters. The molecule has 0 rings (SSSR count). The van der Waals surface area contributed by atoms with E-state index in [1.807, 2.05) is 0 Å². The molecule has 0 saturated carbocycles. The van der Waals surface area contributed by atoms with Crippen LogP contribution in [0.1, 0.15) is 168 Å². The van der Waals surface area contributed by atoms with Crippen LogP contribution < -0.4 is 0 Å². The van der Waals surface area contributed by atoms with E-state index in [4.69, 9.17) is 9.47 Å². The second-order valence-corrected chi connectivity index (χ2v) is 10.4. The normalized spacial score (nSPS) is 11.3. The van der Waals surface area contributed by atoms with Crippen molar-refractivity contribution in [1.29, 1.82) is 0 Å². The molecule has 0 fully saturated rings. The van der Waals surface area contributed by atoms with Crippen LogP contribution in [0.15, 0.2) is 12.2 Å². The monoisotopic (exact) mass is 508 g/mol. The van der Waals surface area contributed by atoms with Crippen LogP contribution in [0, 0.1) is 0 Å². The number of carbonyl (C=O) groups is 2. The molecule has 0 aromatic rings. The van der Waals surface area contributed by atoms with Crippen molar-refractivity contribution < 1.29 is 19.1 Å². The van der Waals surface area contributed by atoms with Gasteiger partial charge in [-0.05, 0) is 51.4 Å². The van der Waals surface area contributed by atoms with Gasteiger partial charge in [0.25, 0.3) is 0 Å². The molecule has 0 aliphatic heterocycles. The maximum Gasteiger partial charge on any atom is 0.305 e. The van der Waals surface area contributed by atoms with Crippen molar-refractivity contribution in [3.8, 4) is 0 Å². The zero-order valence-corrected chi connectivity index (χ0v) is 24.2. The minimum atomic E-state index is -0.0209. The van der Waals surface area contributed by atoms with Crippen molar-refractivity contribution in [1.82, 2.24) is 0 Å². The van der Waals surface area contributed by atoms with Gasteiger partial charge in [-0.15, -0.1) is 0 Å². The summed E-state index contributed by atoms with van der Waals surface area (Å²) in [4.78, 5) is 23.3. The maximum absolute atomic E-state index is 11.7. The third kappa shape index (κ3) is 28.9. The van der Waals surface area contributed by atoms with Crippen molar-refractivity contribution in [2.24, 2.45) is 0 Å². The van der Waals surface area contributed by atoms with Gasteiger partial charge in [-0.25, -0.2) is 0 Å². The lowest BCUT2D eigenvalue weighted by Crippen LogP contribution is -2.05. The van der Waals surface area contributed by atoms with Gasteiger partial charge in [0, 0.05) is 12.8 Å². The average molecular weight is 509 g/mol. The number of ether oxygens (including phenoxy) is 2. The molecular weight excluding hydrogens is 448 g/mol. The van der Waals surface area contributed by atoms with Gasteiger partial charge in [0.2, 0.25) is 0 Å². The number of esters is 2. The Kier molecular flexibility index (Phi) is 28.8. The molecule has 0 spiro atoms. The number of allylic oxidation sites excluding steroid dienone is 2. The Bertz CT molecular complexity index is 500. The highest BCUT2D eigenvalue weighted by Gasteiger charge is 2.03. The van der Waals surface area contributed by atoms with E-state index in [0.717, 1.165) is 51.4 Å². The molecule has 4 nitrogen and oxygen atoms in total. The fraction of sp³-hybridized carbons (Fsp3) is 0.875. The molecular formula is C32H60O4. The third-order valence-electron chi connectivity index (χ3n) is 6.69. The van der Waals surface area contributed by atoms with E-state index in [0.29, 0.717) is 26.1 Å². The summed E-state index contributed by atoms with van der Waals surface area (Å²) in [5.74, 6) is -0.0293. The quantitative estimate of drug-likeness (QED) is 0.0599. The first-order valence-corrected chi connectivity index (χ1v) is 15.7. The lowest BCUT2D eigenvalue weighted by atomic mass is 10.1. The predicted molar refractivity (Wildman–Crippen MR) is 153 cm³/mol. The molecule has 0 saturated heterocycles. The molecule has 0 radical (unpaired) electrons. The summed E-state index contributed by atoms with van der Waals surface area (Å²) in [6.45, 7) is 5.58. The van der Waals surface area contributed by atoms with E-state index in [2.05, 4.69) is 26.0 Å². The Morgan fingerprint density at radius 2 is 0.778 bits per heavy atom. The zero-order chi connectivity index (χ0) is 26.4. The molecule has 0 aromatic carbocycles. The van der Waals surface area contributed by atoms with E-state index in [-0.39, 0.29) is 11.9 Å². The Balaban J connectivity index is 3.24. The Morgan fingerprint density at radius 3 is 1.19 bits per heavy atom. The van der Waals surface area contributed by atoms with E-state index in [1.54, 1.807) is 0 Å². The van der Waals surface area contributed by atoms with Crippen LogP contribution in [0.2, 0.25) is 0 Å². The minimum absolute atomic E-state index is 0.00839. The molecule has 0 bridgehead atoms. The van der Waals surface area contributed by atoms with E-state index in [1.165, 1.54) is 89.9 Å². The van der Waals surface area contributed by atoms with Gasteiger partial charge in [0.15, 0.2) is 0 Å². The number of hydrogen-bond donors (Lipinski definition) is 0. The molecule has 4 heteroatoms. The van der Waals surface area contributed by atoms with Crippen molar-refractivity contribution >= 4 is 11.9 Å². The molecule has 0 aromatic heterocycles. The number of hydrogen-bond acceptors (Lipinski definition) is 4. The van der Waals surface area contributed by atoms with Gasteiger partial charge in [0.05, 0.1) is 13.2 Å². The summed E-state index contributed by atoms with van der Waals surface area (Å²) in [7, 11) is 0. The third-order valence-corrected chi connectivity index (χ3v) is 6.69. The first-order valence-electron chi connectivity index (χ1n) is 15.7. The van der Waals surface area contributed by atoms with Crippen LogP contribution in [-0.4, -0.2) is 25.2 Å².